The van der Waals surface area contributed by atoms with Gasteiger partial charge in [0, 0.05) is 10.9 Å². The number of nitrogens with two attached hydrogens (primary N) is 1. The van der Waals surface area contributed by atoms with Crippen LogP contribution in [0, 0.1) is 13.8 Å². The quantitative estimate of drug-likeness (QED) is 0.418. The van der Waals surface area contributed by atoms with E-state index in [-0.39, 0.29) is 5.95 Å². The van der Waals surface area contributed by atoms with E-state index in [1.54, 1.807) is 33.4 Å². The number of ether oxygens (including phenoxy) is 1. The van der Waals surface area contributed by atoms with Gasteiger partial charge >= 0.3 is 0 Å². The van der Waals surface area contributed by atoms with Gasteiger partial charge in [-0.15, -0.1) is 27.8 Å². The number of rotatable bonds is 6. The fourth-order valence-electron chi connectivity index (χ4n) is 3.19. The Bertz CT molecular complexity index is 1340. The Hall–Kier alpha value is -3.44. The topological polar surface area (TPSA) is 118 Å². The van der Waals surface area contributed by atoms with Crippen LogP contribution < -0.4 is 10.5 Å². The largest absolute Gasteiger partial charge is 0.470 e. The summed E-state index contributed by atoms with van der Waals surface area (Å²) in [5.74, 6) is 1.78. The zero-order valence-electron chi connectivity index (χ0n) is 16.8. The van der Waals surface area contributed by atoms with E-state index in [2.05, 4.69) is 30.0 Å². The van der Waals surface area contributed by atoms with Crippen LogP contribution in [0.2, 0.25) is 0 Å². The van der Waals surface area contributed by atoms with E-state index in [9.17, 15) is 0 Å². The van der Waals surface area contributed by atoms with Crippen LogP contribution in [0.4, 0.5) is 5.95 Å². The van der Waals surface area contributed by atoms with Gasteiger partial charge in [0.2, 0.25) is 11.8 Å². The van der Waals surface area contributed by atoms with Gasteiger partial charge < -0.3 is 10.5 Å². The molecule has 0 aliphatic heterocycles. The number of fused-ring (bicyclic) bond motifs is 1. The van der Waals surface area contributed by atoms with Crippen molar-refractivity contribution in [2.24, 2.45) is 0 Å². The van der Waals surface area contributed by atoms with Crippen molar-refractivity contribution < 1.29 is 4.74 Å². The molecule has 5 rings (SSSR count). The van der Waals surface area contributed by atoms with Gasteiger partial charge in [-0.3, -0.25) is 0 Å². The van der Waals surface area contributed by atoms with E-state index in [4.69, 9.17) is 10.5 Å². The van der Waals surface area contributed by atoms with Crippen LogP contribution in [-0.2, 0) is 13.0 Å². The number of nitrogen functional groups attached to an aromatic ring is 1. The molecule has 0 aliphatic carbocycles. The third-order valence-corrected chi connectivity index (χ3v) is 6.48. The number of para-hydroxylation sites is 1. The normalized spacial score (nSPS) is 11.3. The second kappa shape index (κ2) is 8.00. The van der Waals surface area contributed by atoms with Gasteiger partial charge in [-0.25, -0.2) is 19.9 Å². The maximum absolute atomic E-state index is 5.88. The van der Waals surface area contributed by atoms with Crippen molar-refractivity contribution in [3.05, 3.63) is 63.1 Å². The number of thiazole rings is 2. The molecular weight excluding hydrogens is 432 g/mol. The summed E-state index contributed by atoms with van der Waals surface area (Å²) in [4.78, 5) is 23.2. The highest BCUT2D eigenvalue weighted by atomic mass is 32.1. The van der Waals surface area contributed by atoms with Crippen molar-refractivity contribution in [3.63, 3.8) is 0 Å². The Labute approximate surface area is 185 Å². The molecule has 31 heavy (non-hydrogen) atoms. The molecule has 0 amide bonds. The number of nitrogens with zero attached hydrogens (tertiary/aromatic N) is 7. The minimum Gasteiger partial charge on any atom is -0.470 e. The molecule has 156 valence electrons. The molecule has 0 fully saturated rings. The second-order valence-corrected chi connectivity index (χ2v) is 9.31. The van der Waals surface area contributed by atoms with Crippen molar-refractivity contribution in [1.82, 2.24) is 34.7 Å². The van der Waals surface area contributed by atoms with Crippen LogP contribution in [-0.4, -0.2) is 34.7 Å². The zero-order chi connectivity index (χ0) is 21.4. The molecule has 0 spiro atoms. The first-order chi connectivity index (χ1) is 15.0. The van der Waals surface area contributed by atoms with Crippen molar-refractivity contribution in [2.45, 2.75) is 26.9 Å². The van der Waals surface area contributed by atoms with Gasteiger partial charge in [0.05, 0.1) is 27.3 Å². The Kier molecular flexibility index (Phi) is 5.04. The highest BCUT2D eigenvalue weighted by molar-refractivity contribution is 7.18. The summed E-state index contributed by atoms with van der Waals surface area (Å²) in [5.41, 5.74) is 7.80. The number of benzene rings is 1. The molecule has 0 aliphatic rings. The average molecular weight is 451 g/mol. The van der Waals surface area contributed by atoms with Crippen molar-refractivity contribution in [1.29, 1.82) is 0 Å². The minimum absolute atomic E-state index is 0.176. The van der Waals surface area contributed by atoms with Crippen LogP contribution in [0.5, 0.6) is 5.88 Å². The molecule has 2 N–H and O–H groups in total. The van der Waals surface area contributed by atoms with Crippen LogP contribution in [0.15, 0.2) is 36.7 Å². The first-order valence-electron chi connectivity index (χ1n) is 9.49. The van der Waals surface area contributed by atoms with E-state index < -0.39 is 0 Å². The summed E-state index contributed by atoms with van der Waals surface area (Å²) >= 11 is 3.25. The number of hydrogen-bond acceptors (Lipinski definition) is 10. The van der Waals surface area contributed by atoms with Gasteiger partial charge in [-0.2, -0.15) is 9.67 Å². The first kappa shape index (κ1) is 19.5. The molecule has 9 nitrogen and oxygen atoms in total. The SMILES string of the molecule is Cc1nc(Cc2nc(N)nn2-c2cc(OCc3nc4ccccc4s3)ncn2)c(C)s1. The lowest BCUT2D eigenvalue weighted by Gasteiger charge is -2.07. The molecule has 0 bridgehead atoms. The average Bonchev–Trinajstić information content (AvgIpc) is 3.43. The lowest BCUT2D eigenvalue weighted by atomic mass is 10.2. The Morgan fingerprint density at radius 1 is 1.06 bits per heavy atom. The fraction of sp³-hybridized carbons (Fsp3) is 0.200. The number of aromatic nitrogens is 7. The van der Waals surface area contributed by atoms with Crippen LogP contribution in [0.1, 0.15) is 26.4 Å². The third-order valence-electron chi connectivity index (χ3n) is 4.54. The molecule has 4 aromatic heterocycles. The number of anilines is 1. The van der Waals surface area contributed by atoms with Gasteiger partial charge in [0.15, 0.2) is 5.82 Å². The predicted molar refractivity (Wildman–Crippen MR) is 120 cm³/mol. The second-order valence-electron chi connectivity index (χ2n) is 6.79. The molecule has 0 unspecified atom stereocenters. The molecule has 0 radical (unpaired) electrons. The van der Waals surface area contributed by atoms with Crippen molar-refractivity contribution >= 4 is 38.8 Å². The summed E-state index contributed by atoms with van der Waals surface area (Å²) in [6.45, 7) is 4.35. The van der Waals surface area contributed by atoms with Gasteiger partial charge in [-0.05, 0) is 26.0 Å². The minimum atomic E-state index is 0.176. The van der Waals surface area contributed by atoms with Crippen molar-refractivity contribution in [2.75, 3.05) is 5.73 Å². The molecular formula is C20H18N8OS2. The van der Waals surface area contributed by atoms with Crippen molar-refractivity contribution in [3.8, 4) is 11.7 Å². The van der Waals surface area contributed by atoms with Crippen LogP contribution >= 0.6 is 22.7 Å². The molecule has 0 saturated carbocycles. The number of aryl methyl sites for hydroxylation is 2. The Morgan fingerprint density at radius 3 is 2.74 bits per heavy atom. The van der Waals surface area contributed by atoms with E-state index in [0.717, 1.165) is 30.8 Å². The van der Waals surface area contributed by atoms with Gasteiger partial charge in [0.25, 0.3) is 0 Å². The predicted octanol–water partition coefficient (Wildman–Crippen LogP) is 3.49. The third kappa shape index (κ3) is 4.09. The smallest absolute Gasteiger partial charge is 0.240 e. The molecule has 5 aromatic rings. The summed E-state index contributed by atoms with van der Waals surface area (Å²) < 4.78 is 8.60. The summed E-state index contributed by atoms with van der Waals surface area (Å²) in [7, 11) is 0. The summed E-state index contributed by atoms with van der Waals surface area (Å²) in [6, 6.07) is 9.71. The Morgan fingerprint density at radius 2 is 1.94 bits per heavy atom. The molecule has 0 saturated heterocycles. The van der Waals surface area contributed by atoms with Gasteiger partial charge in [0.1, 0.15) is 23.8 Å². The Balaban J connectivity index is 1.38. The standard InChI is InChI=1S/C20H18N8OS2/c1-11-14(24-12(2)30-11)7-17-26-20(21)27-28(17)16-8-18(23-10-22-16)29-9-19-25-13-5-3-4-6-15(13)31-19/h3-6,8,10H,7,9H2,1-2H3,(H2,21,27). The lowest BCUT2D eigenvalue weighted by Crippen LogP contribution is -2.08. The molecule has 4 heterocycles. The number of hydrogen-bond donors (Lipinski definition) is 1. The van der Waals surface area contributed by atoms with E-state index in [1.807, 2.05) is 38.1 Å². The van der Waals surface area contributed by atoms with E-state index >= 15 is 0 Å². The fourth-order valence-corrected chi connectivity index (χ4v) is 4.90. The lowest BCUT2D eigenvalue weighted by molar-refractivity contribution is 0.292. The van der Waals surface area contributed by atoms with Crippen LogP contribution in [0.3, 0.4) is 0 Å². The highest BCUT2D eigenvalue weighted by Crippen LogP contribution is 2.24. The maximum atomic E-state index is 5.88. The molecule has 11 heteroatoms. The van der Waals surface area contributed by atoms with Gasteiger partial charge in [-0.1, -0.05) is 12.1 Å². The highest BCUT2D eigenvalue weighted by Gasteiger charge is 2.16. The monoisotopic (exact) mass is 450 g/mol. The molecule has 0 atom stereocenters. The van der Waals surface area contributed by atoms with Crippen LogP contribution in [0.25, 0.3) is 16.0 Å². The summed E-state index contributed by atoms with van der Waals surface area (Å²) in [6.07, 6.45) is 1.94. The van der Waals surface area contributed by atoms with E-state index in [0.29, 0.717) is 30.5 Å². The zero-order valence-corrected chi connectivity index (χ0v) is 18.4. The van der Waals surface area contributed by atoms with E-state index in [1.165, 1.54) is 6.33 Å². The summed E-state index contributed by atoms with van der Waals surface area (Å²) in [5, 5.41) is 6.19. The molecule has 1 aromatic carbocycles. The maximum Gasteiger partial charge on any atom is 0.240 e. The first-order valence-corrected chi connectivity index (χ1v) is 11.1.